The number of aliphatic carboxylic acids is 1. The molecular weight excluding hydrogens is 186 g/mol. The Bertz CT molecular complexity index is 322. The van der Waals surface area contributed by atoms with Crippen LogP contribution in [0.5, 0.6) is 5.75 Å². The van der Waals surface area contributed by atoms with E-state index in [4.69, 9.17) is 21.1 Å². The van der Waals surface area contributed by atoms with Crippen molar-refractivity contribution in [2.75, 3.05) is 0 Å². The second kappa shape index (κ2) is 4.08. The number of aliphatic hydroxyl groups is 1. The van der Waals surface area contributed by atoms with E-state index in [1.165, 1.54) is 24.3 Å². The van der Waals surface area contributed by atoms with E-state index < -0.39 is 18.1 Å². The van der Waals surface area contributed by atoms with E-state index in [9.17, 15) is 4.79 Å². The SMILES string of the molecule is NC(c1ccc(O)cc1)C(O)C(=O)O. The molecule has 0 aliphatic rings. The number of carboxylic acid groups (broad SMARTS) is 1. The molecule has 0 fully saturated rings. The first-order chi connectivity index (χ1) is 6.52. The van der Waals surface area contributed by atoms with Gasteiger partial charge in [0.1, 0.15) is 5.75 Å². The zero-order chi connectivity index (χ0) is 10.7. The molecule has 5 nitrogen and oxygen atoms in total. The topological polar surface area (TPSA) is 104 Å². The molecule has 5 heteroatoms. The minimum atomic E-state index is -1.64. The average molecular weight is 197 g/mol. The Kier molecular flexibility index (Phi) is 3.06. The number of aromatic hydroxyl groups is 1. The molecule has 0 aliphatic carbocycles. The van der Waals surface area contributed by atoms with Gasteiger partial charge in [-0.1, -0.05) is 12.1 Å². The van der Waals surface area contributed by atoms with Gasteiger partial charge >= 0.3 is 5.97 Å². The van der Waals surface area contributed by atoms with Crippen LogP contribution in [0, 0.1) is 0 Å². The van der Waals surface area contributed by atoms with E-state index in [-0.39, 0.29) is 5.75 Å². The van der Waals surface area contributed by atoms with Gasteiger partial charge in [-0.05, 0) is 17.7 Å². The van der Waals surface area contributed by atoms with Gasteiger partial charge in [0.2, 0.25) is 0 Å². The molecule has 1 aromatic rings. The lowest BCUT2D eigenvalue weighted by Crippen LogP contribution is -2.33. The molecule has 1 rings (SSSR count). The molecule has 0 radical (unpaired) electrons. The highest BCUT2D eigenvalue weighted by atomic mass is 16.4. The molecule has 1 aromatic carbocycles. The van der Waals surface area contributed by atoms with E-state index in [0.29, 0.717) is 5.56 Å². The summed E-state index contributed by atoms with van der Waals surface area (Å²) in [5.41, 5.74) is 5.93. The van der Waals surface area contributed by atoms with Crippen molar-refractivity contribution in [3.8, 4) is 5.75 Å². The van der Waals surface area contributed by atoms with Gasteiger partial charge in [-0.3, -0.25) is 0 Å². The third-order valence-corrected chi connectivity index (χ3v) is 1.87. The van der Waals surface area contributed by atoms with Gasteiger partial charge in [-0.15, -0.1) is 0 Å². The van der Waals surface area contributed by atoms with Crippen molar-refractivity contribution in [1.29, 1.82) is 0 Å². The first kappa shape index (κ1) is 10.5. The van der Waals surface area contributed by atoms with Gasteiger partial charge in [-0.2, -0.15) is 0 Å². The number of hydrogen-bond donors (Lipinski definition) is 4. The van der Waals surface area contributed by atoms with Crippen molar-refractivity contribution in [3.63, 3.8) is 0 Å². The maximum Gasteiger partial charge on any atom is 0.334 e. The molecule has 5 N–H and O–H groups in total. The van der Waals surface area contributed by atoms with Gasteiger partial charge in [0.25, 0.3) is 0 Å². The van der Waals surface area contributed by atoms with Crippen LogP contribution in [0.25, 0.3) is 0 Å². The highest BCUT2D eigenvalue weighted by Crippen LogP contribution is 2.17. The molecule has 0 amide bonds. The Labute approximate surface area is 80.4 Å². The van der Waals surface area contributed by atoms with Gasteiger partial charge in [0, 0.05) is 0 Å². The second-order valence-electron chi connectivity index (χ2n) is 2.90. The number of benzene rings is 1. The Balaban J connectivity index is 2.84. The van der Waals surface area contributed by atoms with E-state index in [1.54, 1.807) is 0 Å². The number of aliphatic hydroxyl groups excluding tert-OH is 1. The standard InChI is InChI=1S/C9H11NO4/c10-7(8(12)9(13)14)5-1-3-6(11)4-2-5/h1-4,7-8,11-12H,10H2,(H,13,14). The second-order valence-corrected chi connectivity index (χ2v) is 2.90. The van der Waals surface area contributed by atoms with Gasteiger partial charge in [-0.25, -0.2) is 4.79 Å². The molecule has 2 unspecified atom stereocenters. The summed E-state index contributed by atoms with van der Waals surface area (Å²) in [5.74, 6) is -1.31. The van der Waals surface area contributed by atoms with Crippen molar-refractivity contribution in [1.82, 2.24) is 0 Å². The molecule has 0 aliphatic heterocycles. The molecule has 0 saturated heterocycles. The predicted octanol–water partition coefficient (Wildman–Crippen LogP) is -0.163. The van der Waals surface area contributed by atoms with Crippen LogP contribution >= 0.6 is 0 Å². The van der Waals surface area contributed by atoms with Crippen LogP contribution in [0.1, 0.15) is 11.6 Å². The summed E-state index contributed by atoms with van der Waals surface area (Å²) >= 11 is 0. The summed E-state index contributed by atoms with van der Waals surface area (Å²) in [6, 6.07) is 4.69. The predicted molar refractivity (Wildman–Crippen MR) is 48.7 cm³/mol. The maximum absolute atomic E-state index is 10.4. The van der Waals surface area contributed by atoms with Crippen molar-refractivity contribution in [3.05, 3.63) is 29.8 Å². The van der Waals surface area contributed by atoms with E-state index in [2.05, 4.69) is 0 Å². The molecule has 0 spiro atoms. The summed E-state index contributed by atoms with van der Waals surface area (Å²) in [6.07, 6.45) is -1.64. The molecule has 76 valence electrons. The number of carbonyl (C=O) groups is 1. The van der Waals surface area contributed by atoms with Gasteiger partial charge in [0.15, 0.2) is 6.10 Å². The Morgan fingerprint density at radius 1 is 1.29 bits per heavy atom. The third-order valence-electron chi connectivity index (χ3n) is 1.87. The minimum absolute atomic E-state index is 0.0609. The van der Waals surface area contributed by atoms with E-state index in [0.717, 1.165) is 0 Å². The van der Waals surface area contributed by atoms with E-state index >= 15 is 0 Å². The summed E-state index contributed by atoms with van der Waals surface area (Å²) in [7, 11) is 0. The average Bonchev–Trinajstić information content (AvgIpc) is 2.16. The van der Waals surface area contributed by atoms with Crippen LogP contribution < -0.4 is 5.73 Å². The van der Waals surface area contributed by atoms with Crippen molar-refractivity contribution in [2.24, 2.45) is 5.73 Å². The quantitative estimate of drug-likeness (QED) is 0.539. The number of carboxylic acids is 1. The number of phenols is 1. The summed E-state index contributed by atoms with van der Waals surface area (Å²) in [4.78, 5) is 10.4. The monoisotopic (exact) mass is 197 g/mol. The molecule has 0 bridgehead atoms. The highest BCUT2D eigenvalue weighted by molar-refractivity contribution is 5.73. The van der Waals surface area contributed by atoms with Crippen LogP contribution in [-0.2, 0) is 4.79 Å². The zero-order valence-corrected chi connectivity index (χ0v) is 7.29. The fourth-order valence-electron chi connectivity index (χ4n) is 1.03. The Hall–Kier alpha value is -1.59. The number of hydrogen-bond acceptors (Lipinski definition) is 4. The van der Waals surface area contributed by atoms with Crippen LogP contribution in [0.3, 0.4) is 0 Å². The van der Waals surface area contributed by atoms with Crippen molar-refractivity contribution in [2.45, 2.75) is 12.1 Å². The summed E-state index contributed by atoms with van der Waals surface area (Å²) in [5, 5.41) is 26.6. The summed E-state index contributed by atoms with van der Waals surface area (Å²) in [6.45, 7) is 0. The lowest BCUT2D eigenvalue weighted by molar-refractivity contribution is -0.147. The number of nitrogens with two attached hydrogens (primary N) is 1. The first-order valence-electron chi connectivity index (χ1n) is 3.97. The fraction of sp³-hybridized carbons (Fsp3) is 0.222. The van der Waals surface area contributed by atoms with Crippen LogP contribution in [0.2, 0.25) is 0 Å². The minimum Gasteiger partial charge on any atom is -0.508 e. The largest absolute Gasteiger partial charge is 0.508 e. The number of rotatable bonds is 3. The normalized spacial score (nSPS) is 14.7. The lowest BCUT2D eigenvalue weighted by atomic mass is 10.0. The van der Waals surface area contributed by atoms with Crippen LogP contribution in [0.15, 0.2) is 24.3 Å². The van der Waals surface area contributed by atoms with Gasteiger partial charge < -0.3 is 21.1 Å². The van der Waals surface area contributed by atoms with E-state index in [1.807, 2.05) is 0 Å². The lowest BCUT2D eigenvalue weighted by Gasteiger charge is -2.15. The Morgan fingerprint density at radius 3 is 2.21 bits per heavy atom. The fourth-order valence-corrected chi connectivity index (χ4v) is 1.03. The third kappa shape index (κ3) is 2.21. The number of phenolic OH excluding ortho intramolecular Hbond substituents is 1. The van der Waals surface area contributed by atoms with Crippen molar-refractivity contribution < 1.29 is 20.1 Å². The summed E-state index contributed by atoms with van der Waals surface area (Å²) < 4.78 is 0. The molecular formula is C9H11NO4. The molecule has 0 saturated carbocycles. The Morgan fingerprint density at radius 2 is 1.79 bits per heavy atom. The smallest absolute Gasteiger partial charge is 0.334 e. The highest BCUT2D eigenvalue weighted by Gasteiger charge is 2.23. The first-order valence-corrected chi connectivity index (χ1v) is 3.97. The maximum atomic E-state index is 10.4. The molecule has 2 atom stereocenters. The van der Waals surface area contributed by atoms with Crippen LogP contribution in [-0.4, -0.2) is 27.4 Å². The zero-order valence-electron chi connectivity index (χ0n) is 7.29. The molecule has 0 aromatic heterocycles. The van der Waals surface area contributed by atoms with Crippen LogP contribution in [0.4, 0.5) is 0 Å². The molecule has 14 heavy (non-hydrogen) atoms. The molecule has 0 heterocycles. The van der Waals surface area contributed by atoms with Crippen molar-refractivity contribution >= 4 is 5.97 Å². The van der Waals surface area contributed by atoms with Gasteiger partial charge in [0.05, 0.1) is 6.04 Å².